The number of rotatable bonds is 9. The molecule has 1 heterocycles. The third-order valence-corrected chi connectivity index (χ3v) is 5.04. The summed E-state index contributed by atoms with van der Waals surface area (Å²) < 4.78 is 5.22. The Morgan fingerprint density at radius 2 is 2.32 bits per heavy atom. The van der Waals surface area contributed by atoms with Gasteiger partial charge < -0.3 is 4.74 Å². The normalized spacial score (nSPS) is 17.1. The molecule has 0 aliphatic heterocycles. The monoisotopic (exact) mass is 302 g/mol. The quantitative estimate of drug-likeness (QED) is 0.655. The van der Waals surface area contributed by atoms with Gasteiger partial charge in [0.15, 0.2) is 0 Å². The van der Waals surface area contributed by atoms with E-state index in [9.17, 15) is 0 Å². The van der Waals surface area contributed by atoms with E-state index in [1.165, 1.54) is 17.8 Å². The average molecular weight is 303 g/mol. The Labute approximate surface area is 124 Å². The lowest BCUT2D eigenvalue weighted by Gasteiger charge is -2.28. The number of thiazole rings is 1. The summed E-state index contributed by atoms with van der Waals surface area (Å²) in [5.74, 6) is 1.41. The highest BCUT2D eigenvalue weighted by atomic mass is 35.5. The smallest absolute Gasteiger partial charge is 0.0941 e. The minimum atomic E-state index is 0.516. The molecule has 0 radical (unpaired) electrons. The number of alkyl halides is 1. The zero-order valence-corrected chi connectivity index (χ0v) is 13.3. The maximum Gasteiger partial charge on any atom is 0.0941 e. The van der Waals surface area contributed by atoms with E-state index in [0.717, 1.165) is 37.7 Å². The van der Waals surface area contributed by atoms with E-state index in [-0.39, 0.29) is 0 Å². The summed E-state index contributed by atoms with van der Waals surface area (Å²) in [5, 5.41) is 3.26. The molecule has 108 valence electrons. The van der Waals surface area contributed by atoms with Gasteiger partial charge in [0, 0.05) is 38.0 Å². The predicted octanol–water partition coefficient (Wildman–Crippen LogP) is 3.17. The van der Waals surface area contributed by atoms with Crippen LogP contribution >= 0.6 is 22.9 Å². The molecule has 1 aliphatic carbocycles. The van der Waals surface area contributed by atoms with Crippen molar-refractivity contribution in [3.63, 3.8) is 0 Å². The van der Waals surface area contributed by atoms with E-state index < -0.39 is 0 Å². The number of ether oxygens (including phenoxy) is 1. The summed E-state index contributed by atoms with van der Waals surface area (Å²) in [6.07, 6.45) is 3.79. The van der Waals surface area contributed by atoms with Gasteiger partial charge in [-0.3, -0.25) is 4.90 Å². The molecule has 1 unspecified atom stereocenters. The van der Waals surface area contributed by atoms with Crippen molar-refractivity contribution in [1.29, 1.82) is 0 Å². The third-order valence-electron chi connectivity index (χ3n) is 3.81. The highest BCUT2D eigenvalue weighted by Gasteiger charge is 2.31. The second kappa shape index (κ2) is 7.58. The van der Waals surface area contributed by atoms with E-state index in [1.54, 1.807) is 18.4 Å². The molecule has 1 saturated carbocycles. The van der Waals surface area contributed by atoms with Crippen molar-refractivity contribution < 1.29 is 4.74 Å². The van der Waals surface area contributed by atoms with Gasteiger partial charge in [-0.25, -0.2) is 4.98 Å². The van der Waals surface area contributed by atoms with Gasteiger partial charge in [0.2, 0.25) is 0 Å². The molecular formula is C14H23ClN2OS. The van der Waals surface area contributed by atoms with Crippen LogP contribution in [0.15, 0.2) is 5.38 Å². The number of hydrogen-bond donors (Lipinski definition) is 0. The molecule has 0 spiro atoms. The van der Waals surface area contributed by atoms with E-state index in [2.05, 4.69) is 22.2 Å². The summed E-state index contributed by atoms with van der Waals surface area (Å²) in [6.45, 7) is 5.24. The molecule has 1 aromatic heterocycles. The zero-order valence-electron chi connectivity index (χ0n) is 11.8. The summed E-state index contributed by atoms with van der Waals surface area (Å²) in [4.78, 5) is 7.07. The van der Waals surface area contributed by atoms with E-state index in [0.29, 0.717) is 11.9 Å². The minimum absolute atomic E-state index is 0.516. The fourth-order valence-corrected chi connectivity index (χ4v) is 3.38. The molecule has 3 nitrogen and oxygen atoms in total. The van der Waals surface area contributed by atoms with E-state index in [4.69, 9.17) is 16.3 Å². The maximum atomic E-state index is 5.79. The fourth-order valence-electron chi connectivity index (χ4n) is 2.37. The van der Waals surface area contributed by atoms with Crippen molar-refractivity contribution in [2.24, 2.45) is 5.92 Å². The van der Waals surface area contributed by atoms with Crippen LogP contribution in [-0.4, -0.2) is 42.7 Å². The van der Waals surface area contributed by atoms with Crippen LogP contribution in [0.5, 0.6) is 0 Å². The first kappa shape index (κ1) is 15.2. The lowest BCUT2D eigenvalue weighted by atomic mass is 10.1. The largest absolute Gasteiger partial charge is 0.383 e. The predicted molar refractivity (Wildman–Crippen MR) is 81.0 cm³/mol. The molecule has 0 bridgehead atoms. The molecule has 1 atom stereocenters. The molecule has 19 heavy (non-hydrogen) atoms. The Morgan fingerprint density at radius 1 is 1.53 bits per heavy atom. The Morgan fingerprint density at radius 3 is 2.89 bits per heavy atom. The van der Waals surface area contributed by atoms with Crippen LogP contribution in [0.3, 0.4) is 0 Å². The molecule has 5 heteroatoms. The molecule has 1 aromatic rings. The van der Waals surface area contributed by atoms with Crippen molar-refractivity contribution >= 4 is 22.9 Å². The highest BCUT2D eigenvalue weighted by molar-refractivity contribution is 7.09. The van der Waals surface area contributed by atoms with Crippen LogP contribution in [0.2, 0.25) is 0 Å². The maximum absolute atomic E-state index is 5.79. The van der Waals surface area contributed by atoms with Crippen LogP contribution in [0, 0.1) is 5.92 Å². The van der Waals surface area contributed by atoms with Gasteiger partial charge >= 0.3 is 0 Å². The van der Waals surface area contributed by atoms with Gasteiger partial charge in [0.1, 0.15) is 0 Å². The lowest BCUT2D eigenvalue weighted by Crippen LogP contribution is -2.38. The highest BCUT2D eigenvalue weighted by Crippen LogP contribution is 2.35. The lowest BCUT2D eigenvalue weighted by molar-refractivity contribution is 0.118. The summed E-state index contributed by atoms with van der Waals surface area (Å²) in [6, 6.07) is 0.669. The van der Waals surface area contributed by atoms with E-state index in [1.807, 2.05) is 0 Å². The molecule has 0 aromatic carbocycles. The first-order chi connectivity index (χ1) is 9.24. The average Bonchev–Trinajstić information content (AvgIpc) is 3.18. The summed E-state index contributed by atoms with van der Waals surface area (Å²) >= 11 is 7.51. The number of halogens is 1. The van der Waals surface area contributed by atoms with Crippen molar-refractivity contribution in [1.82, 2.24) is 9.88 Å². The molecule has 2 rings (SSSR count). The van der Waals surface area contributed by atoms with Gasteiger partial charge in [-0.2, -0.15) is 0 Å². The van der Waals surface area contributed by atoms with Crippen LogP contribution < -0.4 is 0 Å². The van der Waals surface area contributed by atoms with Gasteiger partial charge in [-0.15, -0.1) is 22.9 Å². The molecule has 0 N–H and O–H groups in total. The Kier molecular flexibility index (Phi) is 6.07. The second-order valence-corrected chi connectivity index (χ2v) is 6.43. The first-order valence-corrected chi connectivity index (χ1v) is 8.38. The van der Waals surface area contributed by atoms with Crippen LogP contribution in [0.25, 0.3) is 0 Å². The van der Waals surface area contributed by atoms with Crippen molar-refractivity contribution in [3.8, 4) is 0 Å². The number of methoxy groups -OCH3 is 1. The van der Waals surface area contributed by atoms with Crippen LogP contribution in [-0.2, 0) is 17.0 Å². The molecular weight excluding hydrogens is 280 g/mol. The van der Waals surface area contributed by atoms with Gasteiger partial charge in [0.05, 0.1) is 23.2 Å². The molecule has 1 aliphatic rings. The Hall–Kier alpha value is -0.160. The van der Waals surface area contributed by atoms with E-state index >= 15 is 0 Å². The Bertz CT molecular complexity index is 381. The minimum Gasteiger partial charge on any atom is -0.383 e. The number of nitrogens with zero attached hydrogens (tertiary/aromatic N) is 2. The second-order valence-electron chi connectivity index (χ2n) is 5.22. The fraction of sp³-hybridized carbons (Fsp3) is 0.786. The SMILES string of the molecule is COCCN(CCc1nc(CCl)cs1)C(C)C1CC1. The summed E-state index contributed by atoms with van der Waals surface area (Å²) in [5.41, 5.74) is 1.00. The standard InChI is InChI=1S/C14H23ClN2OS/c1-11(12-3-4-12)17(7-8-18-2)6-5-14-16-13(9-15)10-19-14/h10-12H,3-9H2,1-2H3. The number of aromatic nitrogens is 1. The molecule has 0 amide bonds. The van der Waals surface area contributed by atoms with Crippen LogP contribution in [0.4, 0.5) is 0 Å². The van der Waals surface area contributed by atoms with Crippen LogP contribution in [0.1, 0.15) is 30.5 Å². The topological polar surface area (TPSA) is 25.4 Å². The first-order valence-electron chi connectivity index (χ1n) is 6.96. The Balaban J connectivity index is 1.83. The zero-order chi connectivity index (χ0) is 13.7. The summed E-state index contributed by atoms with van der Waals surface area (Å²) in [7, 11) is 1.77. The van der Waals surface area contributed by atoms with Crippen molar-refractivity contribution in [2.45, 2.75) is 38.1 Å². The molecule has 1 fully saturated rings. The van der Waals surface area contributed by atoms with Crippen molar-refractivity contribution in [2.75, 3.05) is 26.8 Å². The van der Waals surface area contributed by atoms with Gasteiger partial charge in [-0.1, -0.05) is 0 Å². The van der Waals surface area contributed by atoms with Crippen molar-refractivity contribution in [3.05, 3.63) is 16.1 Å². The third kappa shape index (κ3) is 4.71. The molecule has 0 saturated heterocycles. The number of hydrogen-bond acceptors (Lipinski definition) is 4. The van der Waals surface area contributed by atoms with Gasteiger partial charge in [0.25, 0.3) is 0 Å². The van der Waals surface area contributed by atoms with Gasteiger partial charge in [-0.05, 0) is 25.7 Å².